The highest BCUT2D eigenvalue weighted by atomic mass is 79.9. The molecule has 1 aliphatic rings. The molecular formula is C16H8Br3NO2. The number of amides is 2. The van der Waals surface area contributed by atoms with Gasteiger partial charge in [0.2, 0.25) is 0 Å². The zero-order valence-corrected chi connectivity index (χ0v) is 15.8. The van der Waals surface area contributed by atoms with Gasteiger partial charge in [0.05, 0.1) is 27.3 Å². The molecule has 6 heteroatoms. The number of halogens is 3. The molecule has 3 nitrogen and oxygen atoms in total. The van der Waals surface area contributed by atoms with Gasteiger partial charge >= 0.3 is 0 Å². The van der Waals surface area contributed by atoms with Crippen LogP contribution in [0.15, 0.2) is 57.5 Å². The summed E-state index contributed by atoms with van der Waals surface area (Å²) in [5, 5.41) is 0. The molecule has 1 heterocycles. The average Bonchev–Trinajstić information content (AvgIpc) is 2.75. The second kappa shape index (κ2) is 6.10. The van der Waals surface area contributed by atoms with Gasteiger partial charge in [0.25, 0.3) is 11.8 Å². The number of nitrogens with zero attached hydrogens (tertiary/aromatic N) is 1. The van der Waals surface area contributed by atoms with Crippen molar-refractivity contribution in [1.82, 2.24) is 3.93 Å². The van der Waals surface area contributed by atoms with E-state index < -0.39 is 0 Å². The summed E-state index contributed by atoms with van der Waals surface area (Å²) in [6.45, 7) is 0. The van der Waals surface area contributed by atoms with Gasteiger partial charge in [0.1, 0.15) is 0 Å². The van der Waals surface area contributed by atoms with Crippen molar-refractivity contribution in [3.63, 3.8) is 0 Å². The van der Waals surface area contributed by atoms with E-state index in [4.69, 9.17) is 0 Å². The maximum Gasteiger partial charge on any atom is 0.272 e. The van der Waals surface area contributed by atoms with E-state index in [1.807, 2.05) is 48.5 Å². The second-order valence-electron chi connectivity index (χ2n) is 4.61. The second-order valence-corrected chi connectivity index (χ2v) is 6.97. The van der Waals surface area contributed by atoms with E-state index in [1.54, 1.807) is 0 Å². The highest BCUT2D eigenvalue weighted by molar-refractivity contribution is 9.13. The first-order chi connectivity index (χ1) is 10.5. The minimum Gasteiger partial charge on any atom is -0.268 e. The normalized spacial score (nSPS) is 15.0. The Morgan fingerprint density at radius 3 is 2.09 bits per heavy atom. The third-order valence-corrected chi connectivity index (χ3v) is 6.01. The quantitative estimate of drug-likeness (QED) is 0.452. The van der Waals surface area contributed by atoms with Gasteiger partial charge < -0.3 is 0 Å². The predicted molar refractivity (Wildman–Crippen MR) is 95.9 cm³/mol. The van der Waals surface area contributed by atoms with Crippen LogP contribution in [0.4, 0.5) is 0 Å². The van der Waals surface area contributed by atoms with Crippen LogP contribution in [-0.4, -0.2) is 15.7 Å². The summed E-state index contributed by atoms with van der Waals surface area (Å²) in [6.07, 6.45) is 0. The lowest BCUT2D eigenvalue weighted by Gasteiger charge is -2.08. The number of hydrogen-bond acceptors (Lipinski definition) is 2. The van der Waals surface area contributed by atoms with Crippen molar-refractivity contribution in [2.75, 3.05) is 0 Å². The molecule has 0 fully saturated rings. The molecule has 22 heavy (non-hydrogen) atoms. The van der Waals surface area contributed by atoms with Gasteiger partial charge in [-0.15, -0.1) is 0 Å². The minimum absolute atomic E-state index is 0.363. The number of carbonyl (C=O) groups is 2. The zero-order chi connectivity index (χ0) is 15.9. The van der Waals surface area contributed by atoms with Crippen molar-refractivity contribution in [1.29, 1.82) is 0 Å². The molecule has 2 amide bonds. The molecule has 2 aromatic carbocycles. The van der Waals surface area contributed by atoms with Crippen molar-refractivity contribution in [2.24, 2.45) is 0 Å². The Bertz CT molecular complexity index is 815. The summed E-state index contributed by atoms with van der Waals surface area (Å²) >= 11 is 9.96. The molecule has 0 aliphatic carbocycles. The maximum atomic E-state index is 12.5. The fraction of sp³-hybridized carbons (Fsp3) is 0. The van der Waals surface area contributed by atoms with Gasteiger partial charge in [-0.25, -0.2) is 3.93 Å². The minimum atomic E-state index is -0.373. The van der Waals surface area contributed by atoms with Crippen LogP contribution in [-0.2, 0) is 9.59 Å². The summed E-state index contributed by atoms with van der Waals surface area (Å²) in [4.78, 5) is 25.0. The van der Waals surface area contributed by atoms with Crippen LogP contribution >= 0.6 is 48.0 Å². The Morgan fingerprint density at radius 1 is 0.773 bits per heavy atom. The van der Waals surface area contributed by atoms with E-state index in [1.165, 1.54) is 0 Å². The molecule has 3 rings (SSSR count). The fourth-order valence-electron chi connectivity index (χ4n) is 2.32. The van der Waals surface area contributed by atoms with E-state index in [0.29, 0.717) is 22.3 Å². The van der Waals surface area contributed by atoms with Crippen LogP contribution in [0.2, 0.25) is 0 Å². The molecule has 110 valence electrons. The smallest absolute Gasteiger partial charge is 0.268 e. The van der Waals surface area contributed by atoms with Gasteiger partial charge in [-0.2, -0.15) is 0 Å². The lowest BCUT2D eigenvalue weighted by atomic mass is 9.96. The molecule has 1 aliphatic heterocycles. The molecular weight excluding hydrogens is 478 g/mol. The third kappa shape index (κ3) is 2.49. The van der Waals surface area contributed by atoms with Crippen molar-refractivity contribution in [2.45, 2.75) is 0 Å². The Hall–Kier alpha value is -1.24. The number of rotatable bonds is 2. The zero-order valence-electron chi connectivity index (χ0n) is 11.0. The highest BCUT2D eigenvalue weighted by Crippen LogP contribution is 2.41. The lowest BCUT2D eigenvalue weighted by molar-refractivity contribution is -0.129. The molecule has 0 unspecified atom stereocenters. The van der Waals surface area contributed by atoms with Gasteiger partial charge in [0, 0.05) is 14.5 Å². The standard InChI is InChI=1S/C16H8Br3NO2/c17-11-8-4-7-10(14(11)18)13-12(9-5-2-1-3-6-9)15(21)20(19)16(13)22/h1-8H. The predicted octanol–water partition coefficient (Wildman–Crippen LogP) is 4.80. The summed E-state index contributed by atoms with van der Waals surface area (Å²) in [5.74, 6) is -0.735. The van der Waals surface area contributed by atoms with E-state index in [-0.39, 0.29) is 11.8 Å². The Morgan fingerprint density at radius 2 is 1.41 bits per heavy atom. The Labute approximate surface area is 152 Å². The van der Waals surface area contributed by atoms with Gasteiger partial charge in [-0.3, -0.25) is 9.59 Å². The number of benzene rings is 2. The summed E-state index contributed by atoms with van der Waals surface area (Å²) < 4.78 is 2.53. The van der Waals surface area contributed by atoms with Crippen LogP contribution in [0.25, 0.3) is 11.1 Å². The molecule has 0 aromatic heterocycles. The van der Waals surface area contributed by atoms with E-state index in [9.17, 15) is 9.59 Å². The Kier molecular flexibility index (Phi) is 4.34. The number of hydrogen-bond donors (Lipinski definition) is 0. The molecule has 0 spiro atoms. The summed E-state index contributed by atoms with van der Waals surface area (Å²) in [7, 11) is 0. The van der Waals surface area contributed by atoms with Crippen molar-refractivity contribution in [3.05, 3.63) is 68.6 Å². The lowest BCUT2D eigenvalue weighted by Crippen LogP contribution is -2.20. The largest absolute Gasteiger partial charge is 0.272 e. The van der Waals surface area contributed by atoms with Gasteiger partial charge in [-0.05, 0) is 43.5 Å². The molecule has 2 aromatic rings. The summed E-state index contributed by atoms with van der Waals surface area (Å²) in [5.41, 5.74) is 2.15. The van der Waals surface area contributed by atoms with E-state index in [2.05, 4.69) is 48.0 Å². The number of carbonyl (C=O) groups excluding carboxylic acids is 2. The van der Waals surface area contributed by atoms with Crippen molar-refractivity contribution >= 4 is 71.0 Å². The van der Waals surface area contributed by atoms with Crippen LogP contribution in [0.5, 0.6) is 0 Å². The first-order valence-electron chi connectivity index (χ1n) is 6.31. The molecule has 0 bridgehead atoms. The molecule has 0 radical (unpaired) electrons. The maximum absolute atomic E-state index is 12.5. The van der Waals surface area contributed by atoms with Crippen LogP contribution in [0, 0.1) is 0 Å². The first-order valence-corrected chi connectivity index (χ1v) is 8.60. The molecule has 0 N–H and O–H groups in total. The third-order valence-electron chi connectivity index (χ3n) is 3.32. The van der Waals surface area contributed by atoms with Crippen molar-refractivity contribution < 1.29 is 9.59 Å². The van der Waals surface area contributed by atoms with Crippen LogP contribution in [0.1, 0.15) is 11.1 Å². The SMILES string of the molecule is O=C1C(c2ccccc2)=C(c2cccc(Br)c2Br)C(=O)N1Br. The summed E-state index contributed by atoms with van der Waals surface area (Å²) in [6, 6.07) is 14.7. The molecule has 0 atom stereocenters. The topological polar surface area (TPSA) is 37.4 Å². The average molecular weight is 486 g/mol. The Balaban J connectivity index is 2.32. The van der Waals surface area contributed by atoms with Gasteiger partial charge in [-0.1, -0.05) is 42.5 Å². The first kappa shape index (κ1) is 15.6. The van der Waals surface area contributed by atoms with Crippen LogP contribution in [0.3, 0.4) is 0 Å². The van der Waals surface area contributed by atoms with Gasteiger partial charge in [0.15, 0.2) is 0 Å². The number of imide groups is 1. The highest BCUT2D eigenvalue weighted by Gasteiger charge is 2.39. The van der Waals surface area contributed by atoms with Crippen LogP contribution < -0.4 is 0 Å². The molecule has 0 saturated carbocycles. The van der Waals surface area contributed by atoms with E-state index in [0.717, 1.165) is 12.9 Å². The molecule has 0 saturated heterocycles. The fourth-order valence-corrected chi connectivity index (χ4v) is 3.51. The monoisotopic (exact) mass is 483 g/mol. The van der Waals surface area contributed by atoms with Crippen molar-refractivity contribution in [3.8, 4) is 0 Å². The van der Waals surface area contributed by atoms with E-state index >= 15 is 0 Å².